The highest BCUT2D eigenvalue weighted by Crippen LogP contribution is 2.15. The summed E-state index contributed by atoms with van der Waals surface area (Å²) in [5.74, 6) is 0.866. The van der Waals surface area contributed by atoms with Crippen LogP contribution in [-0.4, -0.2) is 45.7 Å². The van der Waals surface area contributed by atoms with Crippen LogP contribution in [0.5, 0.6) is 0 Å². The molecule has 122 valence electrons. The number of likely N-dealkylation sites (tertiary alicyclic amines) is 1. The number of nitrogens with one attached hydrogen (secondary N) is 1. The molecule has 22 heavy (non-hydrogen) atoms. The first-order chi connectivity index (χ1) is 10.6. The Morgan fingerprint density at radius 3 is 2.91 bits per heavy atom. The van der Waals surface area contributed by atoms with Gasteiger partial charge in [0.25, 0.3) is 0 Å². The van der Waals surface area contributed by atoms with Gasteiger partial charge in [-0.25, -0.2) is 14.9 Å². The van der Waals surface area contributed by atoms with Gasteiger partial charge >= 0.3 is 0 Å². The van der Waals surface area contributed by atoms with Gasteiger partial charge in [0.1, 0.15) is 12.0 Å². The van der Waals surface area contributed by atoms with Crippen molar-refractivity contribution < 1.29 is 9.18 Å². The molecule has 1 N–H and O–H groups in total. The molecule has 1 amide bonds. The second-order valence-corrected chi connectivity index (χ2v) is 5.74. The maximum Gasteiger partial charge on any atom is 0.223 e. The van der Waals surface area contributed by atoms with Crippen molar-refractivity contribution in [2.45, 2.75) is 57.8 Å². The average Bonchev–Trinajstić information content (AvgIpc) is 2.99. The van der Waals surface area contributed by atoms with Gasteiger partial charge in [-0.15, -0.1) is 0 Å². The number of amides is 1. The van der Waals surface area contributed by atoms with Crippen LogP contribution in [0.1, 0.15) is 38.4 Å². The minimum absolute atomic E-state index is 0.0680. The molecule has 1 aromatic heterocycles. The highest BCUT2D eigenvalue weighted by atomic mass is 19.1. The summed E-state index contributed by atoms with van der Waals surface area (Å²) in [7, 11) is 0. The van der Waals surface area contributed by atoms with Crippen LogP contribution in [0, 0.1) is 5.53 Å². The second kappa shape index (κ2) is 8.00. The molecule has 1 aromatic rings. The number of rotatable bonds is 7. The summed E-state index contributed by atoms with van der Waals surface area (Å²) in [6.07, 6.45) is 5.48. The lowest BCUT2D eigenvalue weighted by atomic mass is 10.1. The fourth-order valence-electron chi connectivity index (χ4n) is 2.70. The Kier molecular flexibility index (Phi) is 6.03. The molecule has 0 spiro atoms. The van der Waals surface area contributed by atoms with Crippen LogP contribution < -0.4 is 0 Å². The van der Waals surface area contributed by atoms with Crippen molar-refractivity contribution in [3.63, 3.8) is 0 Å². The standard InChI is InChI=1S/C15H24FN5O/c1-2-12(16)11-21-10-7-18-14(21)3-4-15(22)20-8-5-13(19-17)6-9-20/h7,10,12-13,17H,2-6,8-9,11H2,1H3. The highest BCUT2D eigenvalue weighted by Gasteiger charge is 2.22. The fraction of sp³-hybridized carbons (Fsp3) is 0.733. The number of piperidine rings is 1. The van der Waals surface area contributed by atoms with Gasteiger partial charge in [0.05, 0.1) is 12.6 Å². The van der Waals surface area contributed by atoms with E-state index in [1.165, 1.54) is 0 Å². The molecular formula is C15H24FN5O. The van der Waals surface area contributed by atoms with Crippen molar-refractivity contribution in [1.82, 2.24) is 14.5 Å². The molecule has 2 rings (SSSR count). The molecular weight excluding hydrogens is 285 g/mol. The van der Waals surface area contributed by atoms with Gasteiger partial charge in [-0.2, -0.15) is 5.11 Å². The molecule has 7 heteroatoms. The van der Waals surface area contributed by atoms with E-state index in [-0.39, 0.29) is 11.9 Å². The van der Waals surface area contributed by atoms with Gasteiger partial charge in [-0.05, 0) is 19.3 Å². The van der Waals surface area contributed by atoms with Crippen molar-refractivity contribution in [3.05, 3.63) is 18.2 Å². The van der Waals surface area contributed by atoms with Crippen LogP contribution in [0.3, 0.4) is 0 Å². The Hall–Kier alpha value is -1.79. The molecule has 1 atom stereocenters. The van der Waals surface area contributed by atoms with Crippen molar-refractivity contribution in [2.24, 2.45) is 5.11 Å². The van der Waals surface area contributed by atoms with Crippen LogP contribution in [0.25, 0.3) is 0 Å². The predicted octanol–water partition coefficient (Wildman–Crippen LogP) is 2.59. The summed E-state index contributed by atoms with van der Waals surface area (Å²) in [5.41, 5.74) is 7.02. The van der Waals surface area contributed by atoms with Gasteiger partial charge in [0.15, 0.2) is 0 Å². The van der Waals surface area contributed by atoms with E-state index in [1.807, 2.05) is 11.8 Å². The number of nitrogens with zero attached hydrogens (tertiary/aromatic N) is 4. The molecule has 0 radical (unpaired) electrons. The molecule has 1 aliphatic heterocycles. The molecule has 1 fully saturated rings. The third kappa shape index (κ3) is 4.35. The molecule has 0 bridgehead atoms. The van der Waals surface area contributed by atoms with Gasteiger partial charge in [-0.1, -0.05) is 6.92 Å². The number of hydrogen-bond donors (Lipinski definition) is 1. The number of aromatic nitrogens is 2. The lowest BCUT2D eigenvalue weighted by Crippen LogP contribution is -2.39. The lowest BCUT2D eigenvalue weighted by Gasteiger charge is -2.29. The molecule has 1 saturated heterocycles. The average molecular weight is 309 g/mol. The largest absolute Gasteiger partial charge is 0.343 e. The van der Waals surface area contributed by atoms with Crippen LogP contribution in [0.2, 0.25) is 0 Å². The molecule has 2 heterocycles. The van der Waals surface area contributed by atoms with Crippen molar-refractivity contribution in [1.29, 1.82) is 5.53 Å². The summed E-state index contributed by atoms with van der Waals surface area (Å²) in [6.45, 7) is 3.46. The third-order valence-electron chi connectivity index (χ3n) is 4.20. The van der Waals surface area contributed by atoms with E-state index in [1.54, 1.807) is 17.0 Å². The minimum atomic E-state index is -0.878. The number of imidazole rings is 1. The maximum absolute atomic E-state index is 13.5. The predicted molar refractivity (Wildman–Crippen MR) is 80.5 cm³/mol. The van der Waals surface area contributed by atoms with Gasteiger partial charge < -0.3 is 9.47 Å². The first-order valence-electron chi connectivity index (χ1n) is 7.92. The number of alkyl halides is 1. The number of carbonyl (C=O) groups is 1. The number of hydrogen-bond acceptors (Lipinski definition) is 4. The lowest BCUT2D eigenvalue weighted by molar-refractivity contribution is -0.132. The molecule has 0 saturated carbocycles. The zero-order chi connectivity index (χ0) is 15.9. The Morgan fingerprint density at radius 1 is 1.55 bits per heavy atom. The van der Waals surface area contributed by atoms with E-state index in [0.717, 1.165) is 18.7 Å². The van der Waals surface area contributed by atoms with E-state index in [0.29, 0.717) is 38.9 Å². The zero-order valence-electron chi connectivity index (χ0n) is 13.0. The Balaban J connectivity index is 1.82. The molecule has 0 aromatic carbocycles. The summed E-state index contributed by atoms with van der Waals surface area (Å²) >= 11 is 0. The van der Waals surface area contributed by atoms with E-state index < -0.39 is 6.17 Å². The van der Waals surface area contributed by atoms with Crippen molar-refractivity contribution >= 4 is 5.91 Å². The van der Waals surface area contributed by atoms with Crippen molar-refractivity contribution in [2.75, 3.05) is 13.1 Å². The number of carbonyl (C=O) groups excluding carboxylic acids is 1. The molecule has 1 unspecified atom stereocenters. The molecule has 0 aliphatic carbocycles. The molecule has 1 aliphatic rings. The first-order valence-corrected chi connectivity index (χ1v) is 7.92. The molecule has 6 nitrogen and oxygen atoms in total. The van der Waals surface area contributed by atoms with Gasteiger partial charge in [0, 0.05) is 38.3 Å². The maximum atomic E-state index is 13.5. The fourth-order valence-corrected chi connectivity index (χ4v) is 2.70. The van der Waals surface area contributed by atoms with Crippen LogP contribution in [-0.2, 0) is 17.8 Å². The van der Waals surface area contributed by atoms with E-state index in [9.17, 15) is 9.18 Å². The highest BCUT2D eigenvalue weighted by molar-refractivity contribution is 5.76. The quantitative estimate of drug-likeness (QED) is 0.786. The van der Waals surface area contributed by atoms with Crippen LogP contribution >= 0.6 is 0 Å². The SMILES string of the molecule is CCC(F)Cn1ccnc1CCC(=O)N1CCC(N=N)CC1. The third-order valence-corrected chi connectivity index (χ3v) is 4.20. The van der Waals surface area contributed by atoms with Gasteiger partial charge in [0.2, 0.25) is 5.91 Å². The first kappa shape index (κ1) is 16.6. The van der Waals surface area contributed by atoms with E-state index in [4.69, 9.17) is 5.53 Å². The second-order valence-electron chi connectivity index (χ2n) is 5.74. The number of halogens is 1. The number of aryl methyl sites for hydroxylation is 1. The monoisotopic (exact) mass is 309 g/mol. The van der Waals surface area contributed by atoms with Crippen molar-refractivity contribution in [3.8, 4) is 0 Å². The minimum Gasteiger partial charge on any atom is -0.343 e. The smallest absolute Gasteiger partial charge is 0.223 e. The summed E-state index contributed by atoms with van der Waals surface area (Å²) in [6, 6.07) is 0.0680. The topological polar surface area (TPSA) is 74.3 Å². The van der Waals surface area contributed by atoms with Crippen LogP contribution in [0.15, 0.2) is 17.5 Å². The van der Waals surface area contributed by atoms with E-state index >= 15 is 0 Å². The summed E-state index contributed by atoms with van der Waals surface area (Å²) in [4.78, 5) is 18.3. The van der Waals surface area contributed by atoms with E-state index in [2.05, 4.69) is 10.1 Å². The summed E-state index contributed by atoms with van der Waals surface area (Å²) in [5, 5.41) is 3.54. The normalized spacial score (nSPS) is 17.5. The Labute approximate surface area is 130 Å². The summed E-state index contributed by atoms with van der Waals surface area (Å²) < 4.78 is 15.3. The zero-order valence-corrected chi connectivity index (χ0v) is 13.0. The van der Waals surface area contributed by atoms with Gasteiger partial charge in [-0.3, -0.25) is 4.79 Å². The van der Waals surface area contributed by atoms with Crippen LogP contribution in [0.4, 0.5) is 4.39 Å². The Bertz CT molecular complexity index is 496. The Morgan fingerprint density at radius 2 is 2.27 bits per heavy atom.